The SMILES string of the molecule is COc1ccc(N2C(=O)/C(=C/c3ccc(OC)c4ccccc34)C(=O)NC2=S)c(OC)c1. The third-order valence-electron chi connectivity index (χ3n) is 5.17. The van der Waals surface area contributed by atoms with Crippen LogP contribution < -0.4 is 24.4 Å². The lowest BCUT2D eigenvalue weighted by Gasteiger charge is -2.30. The topological polar surface area (TPSA) is 77.1 Å². The van der Waals surface area contributed by atoms with E-state index in [0.717, 1.165) is 10.8 Å². The van der Waals surface area contributed by atoms with Crippen LogP contribution in [0.5, 0.6) is 17.2 Å². The van der Waals surface area contributed by atoms with Crippen LogP contribution in [0.25, 0.3) is 16.8 Å². The lowest BCUT2D eigenvalue weighted by molar-refractivity contribution is -0.122. The van der Waals surface area contributed by atoms with E-state index < -0.39 is 11.8 Å². The highest BCUT2D eigenvalue weighted by atomic mass is 32.1. The third kappa shape index (κ3) is 3.65. The number of methoxy groups -OCH3 is 3. The van der Waals surface area contributed by atoms with Crippen molar-refractivity contribution in [3.05, 3.63) is 65.7 Å². The van der Waals surface area contributed by atoms with Gasteiger partial charge in [-0.1, -0.05) is 30.3 Å². The van der Waals surface area contributed by atoms with E-state index in [4.69, 9.17) is 26.4 Å². The number of benzene rings is 3. The van der Waals surface area contributed by atoms with Crippen molar-refractivity contribution in [3.63, 3.8) is 0 Å². The summed E-state index contributed by atoms with van der Waals surface area (Å²) in [6.45, 7) is 0. The second kappa shape index (κ2) is 8.68. The van der Waals surface area contributed by atoms with E-state index in [1.807, 2.05) is 24.3 Å². The maximum Gasteiger partial charge on any atom is 0.270 e. The van der Waals surface area contributed by atoms with Gasteiger partial charge in [0.15, 0.2) is 5.11 Å². The molecule has 0 bridgehead atoms. The Morgan fingerprint density at radius 2 is 1.59 bits per heavy atom. The molecule has 32 heavy (non-hydrogen) atoms. The molecule has 1 heterocycles. The number of carbonyl (C=O) groups excluding carboxylic acids is 2. The number of thiocarbonyl (C=S) groups is 1. The molecule has 0 radical (unpaired) electrons. The van der Waals surface area contributed by atoms with Gasteiger partial charge in [0.05, 0.1) is 27.0 Å². The number of carbonyl (C=O) groups is 2. The Bertz CT molecular complexity index is 1280. The van der Waals surface area contributed by atoms with Gasteiger partial charge < -0.3 is 14.2 Å². The van der Waals surface area contributed by atoms with Crippen molar-refractivity contribution < 1.29 is 23.8 Å². The van der Waals surface area contributed by atoms with Crippen molar-refractivity contribution in [2.45, 2.75) is 0 Å². The summed E-state index contributed by atoms with van der Waals surface area (Å²) in [5, 5.41) is 4.29. The van der Waals surface area contributed by atoms with Gasteiger partial charge in [-0.2, -0.15) is 0 Å². The van der Waals surface area contributed by atoms with E-state index >= 15 is 0 Å². The molecule has 1 N–H and O–H groups in total. The molecule has 0 aromatic heterocycles. The van der Waals surface area contributed by atoms with Crippen LogP contribution in [0.15, 0.2) is 60.2 Å². The molecule has 2 amide bonds. The number of hydrogen-bond donors (Lipinski definition) is 1. The molecule has 4 rings (SSSR count). The molecule has 1 saturated heterocycles. The van der Waals surface area contributed by atoms with Gasteiger partial charge >= 0.3 is 0 Å². The maximum atomic E-state index is 13.4. The standard InChI is InChI=1S/C24H20N2O5S/c1-29-15-9-10-19(21(13-15)31-3)26-23(28)18(22(27)25-24(26)32)12-14-8-11-20(30-2)17-7-5-4-6-16(14)17/h4-13H,1-3H3,(H,25,27,32)/b18-12+. The highest BCUT2D eigenvalue weighted by Crippen LogP contribution is 2.35. The van der Waals surface area contributed by atoms with E-state index in [0.29, 0.717) is 28.5 Å². The minimum atomic E-state index is -0.566. The first kappa shape index (κ1) is 21.3. The van der Waals surface area contributed by atoms with E-state index in [1.54, 1.807) is 43.5 Å². The Kier molecular flexibility index (Phi) is 5.79. The van der Waals surface area contributed by atoms with Crippen LogP contribution >= 0.6 is 12.2 Å². The molecule has 3 aromatic carbocycles. The van der Waals surface area contributed by atoms with E-state index in [-0.39, 0.29) is 10.7 Å². The van der Waals surface area contributed by atoms with Crippen LogP contribution in [-0.4, -0.2) is 38.3 Å². The first-order chi connectivity index (χ1) is 15.5. The Morgan fingerprint density at radius 3 is 2.28 bits per heavy atom. The summed E-state index contributed by atoms with van der Waals surface area (Å²) in [7, 11) is 4.61. The van der Waals surface area contributed by atoms with E-state index in [1.165, 1.54) is 19.1 Å². The predicted molar refractivity (Wildman–Crippen MR) is 126 cm³/mol. The average Bonchev–Trinajstić information content (AvgIpc) is 2.81. The number of anilines is 1. The van der Waals surface area contributed by atoms with E-state index in [9.17, 15) is 9.59 Å². The van der Waals surface area contributed by atoms with Crippen LogP contribution in [0.3, 0.4) is 0 Å². The van der Waals surface area contributed by atoms with Crippen molar-refractivity contribution in [1.82, 2.24) is 5.32 Å². The number of ether oxygens (including phenoxy) is 3. The molecule has 0 saturated carbocycles. The maximum absolute atomic E-state index is 13.4. The summed E-state index contributed by atoms with van der Waals surface area (Å²) in [5.41, 5.74) is 1.05. The number of hydrogen-bond acceptors (Lipinski definition) is 6. The third-order valence-corrected chi connectivity index (χ3v) is 5.45. The fourth-order valence-corrected chi connectivity index (χ4v) is 3.87. The van der Waals surface area contributed by atoms with Crippen LogP contribution in [0.2, 0.25) is 0 Å². The quantitative estimate of drug-likeness (QED) is 0.364. The molecule has 7 nitrogen and oxygen atoms in total. The molecule has 1 aliphatic heterocycles. The Balaban J connectivity index is 1.82. The Labute approximate surface area is 190 Å². The zero-order valence-electron chi connectivity index (χ0n) is 17.7. The van der Waals surface area contributed by atoms with Gasteiger partial charge in [0.25, 0.3) is 11.8 Å². The van der Waals surface area contributed by atoms with Crippen LogP contribution in [0, 0.1) is 0 Å². The molecular formula is C24H20N2O5S. The molecular weight excluding hydrogens is 428 g/mol. The normalized spacial score (nSPS) is 15.2. The second-order valence-electron chi connectivity index (χ2n) is 6.90. The zero-order chi connectivity index (χ0) is 22.8. The molecule has 8 heteroatoms. The fraction of sp³-hybridized carbons (Fsp3) is 0.125. The number of nitrogens with one attached hydrogen (secondary N) is 1. The molecule has 0 aliphatic carbocycles. The number of nitrogens with zero attached hydrogens (tertiary/aromatic N) is 1. The summed E-state index contributed by atoms with van der Waals surface area (Å²) in [5.74, 6) is 0.523. The molecule has 0 spiro atoms. The Hall–Kier alpha value is -3.91. The van der Waals surface area contributed by atoms with Gasteiger partial charge in [-0.15, -0.1) is 0 Å². The number of amides is 2. The monoisotopic (exact) mass is 448 g/mol. The zero-order valence-corrected chi connectivity index (χ0v) is 18.5. The van der Waals surface area contributed by atoms with Crippen LogP contribution in [-0.2, 0) is 9.59 Å². The fourth-order valence-electron chi connectivity index (χ4n) is 3.60. The second-order valence-corrected chi connectivity index (χ2v) is 7.28. The van der Waals surface area contributed by atoms with E-state index in [2.05, 4.69) is 5.32 Å². The predicted octanol–water partition coefficient (Wildman–Crippen LogP) is 3.70. The first-order valence-electron chi connectivity index (χ1n) is 9.67. The molecule has 3 aromatic rings. The molecule has 0 unspecified atom stereocenters. The summed E-state index contributed by atoms with van der Waals surface area (Å²) < 4.78 is 16.1. The smallest absolute Gasteiger partial charge is 0.270 e. The van der Waals surface area contributed by atoms with Gasteiger partial charge in [0.1, 0.15) is 22.8 Å². The highest BCUT2D eigenvalue weighted by Gasteiger charge is 2.36. The van der Waals surface area contributed by atoms with Gasteiger partial charge in [-0.25, -0.2) is 4.90 Å². The van der Waals surface area contributed by atoms with Crippen molar-refractivity contribution in [3.8, 4) is 17.2 Å². The minimum Gasteiger partial charge on any atom is -0.497 e. The van der Waals surface area contributed by atoms with Gasteiger partial charge in [-0.05, 0) is 47.4 Å². The van der Waals surface area contributed by atoms with Crippen molar-refractivity contribution >= 4 is 51.7 Å². The summed E-state index contributed by atoms with van der Waals surface area (Å²) in [4.78, 5) is 27.4. The van der Waals surface area contributed by atoms with Gasteiger partial charge in [0.2, 0.25) is 0 Å². The molecule has 0 atom stereocenters. The first-order valence-corrected chi connectivity index (χ1v) is 10.1. The minimum absolute atomic E-state index is 0.0276. The molecule has 162 valence electrons. The van der Waals surface area contributed by atoms with Gasteiger partial charge in [-0.3, -0.25) is 14.9 Å². The van der Waals surface area contributed by atoms with Gasteiger partial charge in [0, 0.05) is 11.5 Å². The molecule has 1 aliphatic rings. The summed E-state index contributed by atoms with van der Waals surface area (Å²) in [6, 6.07) is 16.2. The van der Waals surface area contributed by atoms with Crippen molar-refractivity contribution in [2.24, 2.45) is 0 Å². The molecule has 1 fully saturated rings. The summed E-state index contributed by atoms with van der Waals surface area (Å²) >= 11 is 5.30. The Morgan fingerprint density at radius 1 is 0.875 bits per heavy atom. The van der Waals surface area contributed by atoms with Crippen molar-refractivity contribution in [1.29, 1.82) is 0 Å². The van der Waals surface area contributed by atoms with Crippen LogP contribution in [0.1, 0.15) is 5.56 Å². The average molecular weight is 449 g/mol. The highest BCUT2D eigenvalue weighted by molar-refractivity contribution is 7.80. The van der Waals surface area contributed by atoms with Crippen molar-refractivity contribution in [2.75, 3.05) is 26.2 Å². The largest absolute Gasteiger partial charge is 0.497 e. The summed E-state index contributed by atoms with van der Waals surface area (Å²) in [6.07, 6.45) is 1.56. The lowest BCUT2D eigenvalue weighted by Crippen LogP contribution is -2.54. The number of rotatable bonds is 5. The lowest BCUT2D eigenvalue weighted by atomic mass is 10.00. The van der Waals surface area contributed by atoms with Crippen LogP contribution in [0.4, 0.5) is 5.69 Å². The number of fused-ring (bicyclic) bond motifs is 1.